The fourth-order valence-corrected chi connectivity index (χ4v) is 5.93. The first-order chi connectivity index (χ1) is 14.9. The van der Waals surface area contributed by atoms with E-state index >= 15 is 0 Å². The normalized spacial score (nSPS) is 16.5. The number of thioether (sulfide) groups is 1. The molecule has 2 heterocycles. The Morgan fingerprint density at radius 1 is 1.39 bits per heavy atom. The van der Waals surface area contributed by atoms with Crippen LogP contribution in [0.4, 0.5) is 5.69 Å². The van der Waals surface area contributed by atoms with E-state index in [1.54, 1.807) is 42.5 Å². The van der Waals surface area contributed by atoms with Crippen LogP contribution in [0, 0.1) is 5.92 Å². The minimum Gasteiger partial charge on any atom is -0.465 e. The van der Waals surface area contributed by atoms with Crippen LogP contribution in [-0.4, -0.2) is 34.2 Å². The highest BCUT2D eigenvalue weighted by atomic mass is 32.2. The summed E-state index contributed by atoms with van der Waals surface area (Å²) in [6, 6.07) is 6.55. The van der Waals surface area contributed by atoms with Crippen molar-refractivity contribution >= 4 is 50.9 Å². The van der Waals surface area contributed by atoms with Gasteiger partial charge in [0, 0.05) is 10.6 Å². The van der Waals surface area contributed by atoms with Gasteiger partial charge in [0.25, 0.3) is 5.56 Å². The molecule has 3 aromatic rings. The number of carbonyl (C=O) groups excluding carboxylic acids is 2. The highest BCUT2D eigenvalue weighted by molar-refractivity contribution is 8.00. The van der Waals surface area contributed by atoms with Gasteiger partial charge >= 0.3 is 5.97 Å². The van der Waals surface area contributed by atoms with E-state index in [-0.39, 0.29) is 11.5 Å². The summed E-state index contributed by atoms with van der Waals surface area (Å²) >= 11 is 2.79. The third-order valence-corrected chi connectivity index (χ3v) is 7.49. The third kappa shape index (κ3) is 4.52. The topological polar surface area (TPSA) is 101 Å². The molecule has 162 valence electrons. The molecule has 9 heteroatoms. The van der Waals surface area contributed by atoms with E-state index in [9.17, 15) is 14.4 Å². The number of amides is 1. The van der Waals surface area contributed by atoms with Gasteiger partial charge in [-0.05, 0) is 55.9 Å². The van der Waals surface area contributed by atoms with Gasteiger partial charge in [0.15, 0.2) is 5.16 Å². The van der Waals surface area contributed by atoms with E-state index in [2.05, 4.69) is 22.2 Å². The Kier molecular flexibility index (Phi) is 6.15. The summed E-state index contributed by atoms with van der Waals surface area (Å²) in [5.41, 5.74) is 1.85. The van der Waals surface area contributed by atoms with Crippen LogP contribution in [0.2, 0.25) is 0 Å². The van der Waals surface area contributed by atoms with E-state index in [1.807, 2.05) is 0 Å². The molecular formula is C22H23N3O4S2. The molecular weight excluding hydrogens is 434 g/mol. The molecule has 0 bridgehead atoms. The van der Waals surface area contributed by atoms with Gasteiger partial charge in [-0.15, -0.1) is 11.3 Å². The number of benzene rings is 1. The van der Waals surface area contributed by atoms with Crippen molar-refractivity contribution in [1.82, 2.24) is 9.97 Å². The first-order valence-corrected chi connectivity index (χ1v) is 11.8. The number of hydrogen-bond acceptors (Lipinski definition) is 7. The fourth-order valence-electron chi connectivity index (χ4n) is 3.69. The van der Waals surface area contributed by atoms with E-state index in [0.29, 0.717) is 27.7 Å². The molecule has 1 aliphatic carbocycles. The van der Waals surface area contributed by atoms with Gasteiger partial charge in [0.1, 0.15) is 4.83 Å². The number of methoxy groups -OCH3 is 1. The van der Waals surface area contributed by atoms with Crippen LogP contribution in [0.3, 0.4) is 0 Å². The fraction of sp³-hybridized carbons (Fsp3) is 0.364. The summed E-state index contributed by atoms with van der Waals surface area (Å²) in [7, 11) is 1.31. The standard InChI is InChI=1S/C22H23N3O4S2/c1-11-7-8-15-16(9-11)31-20-17(15)19(27)24-22(25-20)30-12(2)18(26)23-14-6-4-5-13(10-14)21(28)29-3/h4-6,10-12H,7-9H2,1-3H3,(H,23,26)(H,24,25,27). The minimum absolute atomic E-state index is 0.141. The van der Waals surface area contributed by atoms with Gasteiger partial charge in [0.05, 0.1) is 23.3 Å². The van der Waals surface area contributed by atoms with Gasteiger partial charge in [0.2, 0.25) is 5.91 Å². The number of nitrogens with zero attached hydrogens (tertiary/aromatic N) is 1. The quantitative estimate of drug-likeness (QED) is 0.341. The zero-order valence-corrected chi connectivity index (χ0v) is 19.1. The highest BCUT2D eigenvalue weighted by Crippen LogP contribution is 2.36. The monoisotopic (exact) mass is 457 g/mol. The molecule has 1 aromatic carbocycles. The van der Waals surface area contributed by atoms with Crippen molar-refractivity contribution in [2.45, 2.75) is 43.5 Å². The predicted octanol–water partition coefficient (Wildman–Crippen LogP) is 4.02. The van der Waals surface area contributed by atoms with Crippen LogP contribution in [0.5, 0.6) is 0 Å². The van der Waals surface area contributed by atoms with Gasteiger partial charge in [-0.3, -0.25) is 9.59 Å². The first-order valence-electron chi connectivity index (χ1n) is 10.1. The molecule has 1 amide bonds. The number of ether oxygens (including phenoxy) is 1. The molecule has 1 aliphatic rings. The molecule has 0 saturated carbocycles. The Morgan fingerprint density at radius 3 is 2.97 bits per heavy atom. The van der Waals surface area contributed by atoms with E-state index in [1.165, 1.54) is 23.7 Å². The number of aryl methyl sites for hydroxylation is 1. The van der Waals surface area contributed by atoms with Crippen molar-refractivity contribution in [2.24, 2.45) is 5.92 Å². The molecule has 4 rings (SSSR count). The number of fused-ring (bicyclic) bond motifs is 3. The molecule has 2 N–H and O–H groups in total. The first kappa shape index (κ1) is 21.6. The summed E-state index contributed by atoms with van der Waals surface area (Å²) in [6.45, 7) is 3.98. The number of thiophene rings is 1. The molecule has 0 saturated heterocycles. The lowest BCUT2D eigenvalue weighted by Gasteiger charge is -2.17. The Hall–Kier alpha value is -2.65. The van der Waals surface area contributed by atoms with Crippen molar-refractivity contribution in [1.29, 1.82) is 0 Å². The molecule has 0 fully saturated rings. The number of nitrogens with one attached hydrogen (secondary N) is 2. The molecule has 0 aliphatic heterocycles. The number of hydrogen-bond donors (Lipinski definition) is 2. The van der Waals surface area contributed by atoms with Crippen LogP contribution < -0.4 is 10.9 Å². The summed E-state index contributed by atoms with van der Waals surface area (Å²) < 4.78 is 4.71. The second-order valence-corrected chi connectivity index (χ2v) is 10.1. The molecule has 2 unspecified atom stereocenters. The van der Waals surface area contributed by atoms with E-state index < -0.39 is 11.2 Å². The third-order valence-electron chi connectivity index (χ3n) is 5.35. The summed E-state index contributed by atoms with van der Waals surface area (Å²) in [5, 5.41) is 3.42. The Labute approximate surface area is 187 Å². The minimum atomic E-state index is -0.503. The molecule has 7 nitrogen and oxygen atoms in total. The maximum atomic E-state index is 12.7. The Balaban J connectivity index is 1.50. The van der Waals surface area contributed by atoms with Crippen LogP contribution in [-0.2, 0) is 22.4 Å². The van der Waals surface area contributed by atoms with Crippen molar-refractivity contribution in [3.63, 3.8) is 0 Å². The number of aromatic nitrogens is 2. The summed E-state index contributed by atoms with van der Waals surface area (Å²) in [6.07, 6.45) is 2.99. The molecule has 2 atom stereocenters. The van der Waals surface area contributed by atoms with Crippen LogP contribution in [0.25, 0.3) is 10.2 Å². The van der Waals surface area contributed by atoms with E-state index in [4.69, 9.17) is 4.74 Å². The average molecular weight is 458 g/mol. The largest absolute Gasteiger partial charge is 0.465 e. The van der Waals surface area contributed by atoms with E-state index in [0.717, 1.165) is 29.7 Å². The van der Waals surface area contributed by atoms with Crippen molar-refractivity contribution in [3.8, 4) is 0 Å². The maximum Gasteiger partial charge on any atom is 0.337 e. The summed E-state index contributed by atoms with van der Waals surface area (Å²) in [4.78, 5) is 46.5. The van der Waals surface area contributed by atoms with Crippen molar-refractivity contribution in [2.75, 3.05) is 12.4 Å². The lowest BCUT2D eigenvalue weighted by molar-refractivity contribution is -0.115. The van der Waals surface area contributed by atoms with Gasteiger partial charge in [-0.1, -0.05) is 24.8 Å². The number of rotatable bonds is 5. The van der Waals surface area contributed by atoms with Crippen molar-refractivity contribution in [3.05, 3.63) is 50.6 Å². The van der Waals surface area contributed by atoms with Crippen LogP contribution >= 0.6 is 23.1 Å². The predicted molar refractivity (Wildman–Crippen MR) is 123 cm³/mol. The van der Waals surface area contributed by atoms with Crippen LogP contribution in [0.1, 0.15) is 41.1 Å². The smallest absolute Gasteiger partial charge is 0.337 e. The van der Waals surface area contributed by atoms with Crippen molar-refractivity contribution < 1.29 is 14.3 Å². The second-order valence-electron chi connectivity index (χ2n) is 7.72. The SMILES string of the molecule is COC(=O)c1cccc(NC(=O)C(C)Sc2nc3sc4c(c3c(=O)[nH]2)CCC(C)C4)c1. The number of aromatic amines is 1. The number of H-pyrrole nitrogens is 1. The summed E-state index contributed by atoms with van der Waals surface area (Å²) in [5.74, 6) is -0.106. The van der Waals surface area contributed by atoms with Gasteiger partial charge in [-0.2, -0.15) is 0 Å². The van der Waals surface area contributed by atoms with Gasteiger partial charge in [-0.25, -0.2) is 9.78 Å². The molecule has 0 spiro atoms. The Morgan fingerprint density at radius 2 is 2.19 bits per heavy atom. The second kappa shape index (κ2) is 8.84. The highest BCUT2D eigenvalue weighted by Gasteiger charge is 2.24. The van der Waals surface area contributed by atoms with Crippen LogP contribution in [0.15, 0.2) is 34.2 Å². The lowest BCUT2D eigenvalue weighted by Crippen LogP contribution is -2.23. The number of esters is 1. The zero-order valence-electron chi connectivity index (χ0n) is 17.5. The average Bonchev–Trinajstić information content (AvgIpc) is 3.10. The maximum absolute atomic E-state index is 12.7. The molecule has 2 aromatic heterocycles. The molecule has 31 heavy (non-hydrogen) atoms. The number of carbonyl (C=O) groups is 2. The molecule has 0 radical (unpaired) electrons. The Bertz CT molecular complexity index is 1220. The zero-order chi connectivity index (χ0) is 22.1. The lowest BCUT2D eigenvalue weighted by atomic mass is 9.89. The number of anilines is 1. The van der Waals surface area contributed by atoms with Gasteiger partial charge < -0.3 is 15.0 Å².